The van der Waals surface area contributed by atoms with Crippen LogP contribution in [-0.4, -0.2) is 29.9 Å². The van der Waals surface area contributed by atoms with Crippen LogP contribution in [0.2, 0.25) is 0 Å². The predicted octanol–water partition coefficient (Wildman–Crippen LogP) is 0.896. The Kier molecular flexibility index (Phi) is 5.72. The van der Waals surface area contributed by atoms with Crippen LogP contribution in [0.4, 0.5) is 4.39 Å². The van der Waals surface area contributed by atoms with Crippen LogP contribution in [0.25, 0.3) is 0 Å². The minimum atomic E-state index is -1.26. The van der Waals surface area contributed by atoms with Crippen molar-refractivity contribution >= 4 is 0 Å². The molecular formula is C13H17FN2O2. The molecular weight excluding hydrogens is 235 g/mol. The molecule has 5 heteroatoms. The van der Waals surface area contributed by atoms with Gasteiger partial charge in [0.2, 0.25) is 0 Å². The highest BCUT2D eigenvalue weighted by molar-refractivity contribution is 5.28. The molecule has 0 aliphatic rings. The third-order valence-electron chi connectivity index (χ3n) is 2.72. The van der Waals surface area contributed by atoms with E-state index in [0.717, 1.165) is 0 Å². The van der Waals surface area contributed by atoms with E-state index in [9.17, 15) is 14.6 Å². The second kappa shape index (κ2) is 7.07. The fourth-order valence-electron chi connectivity index (χ4n) is 1.67. The summed E-state index contributed by atoms with van der Waals surface area (Å²) in [5.41, 5.74) is 0.607. The van der Waals surface area contributed by atoms with Gasteiger partial charge in [-0.15, -0.1) is 0 Å². The summed E-state index contributed by atoms with van der Waals surface area (Å²) in [6, 6.07) is 6.13. The number of hydrogen-bond donors (Lipinski definition) is 3. The van der Waals surface area contributed by atoms with Crippen molar-refractivity contribution in [3.63, 3.8) is 0 Å². The molecule has 0 aliphatic carbocycles. The van der Waals surface area contributed by atoms with Crippen molar-refractivity contribution in [2.45, 2.75) is 25.0 Å². The van der Waals surface area contributed by atoms with Gasteiger partial charge in [0.15, 0.2) is 0 Å². The summed E-state index contributed by atoms with van der Waals surface area (Å²) in [7, 11) is 1.73. The monoisotopic (exact) mass is 252 g/mol. The van der Waals surface area contributed by atoms with Crippen molar-refractivity contribution < 1.29 is 14.6 Å². The Morgan fingerprint density at radius 3 is 2.72 bits per heavy atom. The zero-order chi connectivity index (χ0) is 13.5. The molecule has 0 aromatic heterocycles. The molecule has 0 spiro atoms. The van der Waals surface area contributed by atoms with Gasteiger partial charge in [-0.25, -0.2) is 4.39 Å². The molecule has 2 unspecified atom stereocenters. The molecule has 0 saturated carbocycles. The van der Waals surface area contributed by atoms with Gasteiger partial charge in [-0.1, -0.05) is 12.1 Å². The lowest BCUT2D eigenvalue weighted by molar-refractivity contribution is 0.0120. The molecule has 0 aliphatic heterocycles. The molecule has 0 amide bonds. The Balaban J connectivity index is 2.80. The molecule has 1 aromatic rings. The first-order valence-electron chi connectivity index (χ1n) is 5.76. The van der Waals surface area contributed by atoms with E-state index in [1.807, 2.05) is 6.07 Å². The van der Waals surface area contributed by atoms with Gasteiger partial charge in [-0.2, -0.15) is 5.26 Å². The van der Waals surface area contributed by atoms with Gasteiger partial charge in [0.1, 0.15) is 11.9 Å². The zero-order valence-electron chi connectivity index (χ0n) is 10.2. The van der Waals surface area contributed by atoms with Crippen molar-refractivity contribution in [3.8, 4) is 6.07 Å². The summed E-state index contributed by atoms with van der Waals surface area (Å²) in [5.74, 6) is -0.598. The zero-order valence-corrected chi connectivity index (χ0v) is 10.2. The van der Waals surface area contributed by atoms with Crippen LogP contribution in [-0.2, 0) is 6.42 Å². The number of aliphatic hydroxyl groups is 2. The van der Waals surface area contributed by atoms with E-state index in [1.165, 1.54) is 12.1 Å². The average molecular weight is 252 g/mol. The second-order valence-corrected chi connectivity index (χ2v) is 4.10. The van der Waals surface area contributed by atoms with Gasteiger partial charge in [0.25, 0.3) is 0 Å². The molecule has 0 radical (unpaired) electrons. The van der Waals surface area contributed by atoms with Crippen LogP contribution >= 0.6 is 0 Å². The number of benzene rings is 1. The first-order chi connectivity index (χ1) is 8.60. The van der Waals surface area contributed by atoms with E-state index in [4.69, 9.17) is 5.26 Å². The number of aliphatic hydroxyl groups excluding tert-OH is 2. The smallest absolute Gasteiger partial charge is 0.129 e. The van der Waals surface area contributed by atoms with Crippen molar-refractivity contribution in [2.75, 3.05) is 13.6 Å². The molecule has 0 heterocycles. The minimum Gasteiger partial charge on any atom is -0.390 e. The lowest BCUT2D eigenvalue weighted by atomic mass is 9.99. The highest BCUT2D eigenvalue weighted by Crippen LogP contribution is 2.22. The van der Waals surface area contributed by atoms with Crippen LogP contribution in [0.1, 0.15) is 23.7 Å². The summed E-state index contributed by atoms with van der Waals surface area (Å²) in [6.07, 6.45) is -1.82. The van der Waals surface area contributed by atoms with E-state index in [-0.39, 0.29) is 12.0 Å². The van der Waals surface area contributed by atoms with Gasteiger partial charge in [-0.05, 0) is 31.6 Å². The highest BCUT2D eigenvalue weighted by Gasteiger charge is 2.21. The maximum absolute atomic E-state index is 13.7. The van der Waals surface area contributed by atoms with Crippen molar-refractivity contribution in [1.29, 1.82) is 5.26 Å². The maximum atomic E-state index is 13.7. The molecule has 0 saturated heterocycles. The second-order valence-electron chi connectivity index (χ2n) is 4.10. The quantitative estimate of drug-likeness (QED) is 0.703. The molecule has 2 atom stereocenters. The van der Waals surface area contributed by atoms with E-state index in [1.54, 1.807) is 13.1 Å². The van der Waals surface area contributed by atoms with E-state index in [2.05, 4.69) is 5.32 Å². The number of hydrogen-bond acceptors (Lipinski definition) is 4. The van der Waals surface area contributed by atoms with Crippen LogP contribution in [0.3, 0.4) is 0 Å². The molecule has 98 valence electrons. The summed E-state index contributed by atoms with van der Waals surface area (Å²) < 4.78 is 13.7. The summed E-state index contributed by atoms with van der Waals surface area (Å²) in [5, 5.41) is 30.9. The Bertz CT molecular complexity index is 431. The van der Waals surface area contributed by atoms with Gasteiger partial charge < -0.3 is 15.5 Å². The van der Waals surface area contributed by atoms with Crippen LogP contribution in [0, 0.1) is 17.1 Å². The van der Waals surface area contributed by atoms with E-state index < -0.39 is 18.0 Å². The predicted molar refractivity (Wildman–Crippen MR) is 65.2 cm³/mol. The number of nitrogens with zero attached hydrogens (tertiary/aromatic N) is 1. The maximum Gasteiger partial charge on any atom is 0.129 e. The number of halogens is 1. The van der Waals surface area contributed by atoms with Gasteiger partial charge in [0, 0.05) is 5.56 Å². The number of nitriles is 1. The van der Waals surface area contributed by atoms with Crippen LogP contribution in [0.5, 0.6) is 0 Å². The molecule has 1 rings (SSSR count). The molecule has 4 nitrogen and oxygen atoms in total. The standard InChI is InChI=1S/C13H17FN2O2/c1-16-7-5-12(17)13(18)10-3-2-9(4-6-15)8-11(10)14/h2-3,8,12-13,16-18H,4-5,7H2,1H3. The van der Waals surface area contributed by atoms with E-state index in [0.29, 0.717) is 18.5 Å². The Morgan fingerprint density at radius 2 is 2.17 bits per heavy atom. The summed E-state index contributed by atoms with van der Waals surface area (Å²) in [4.78, 5) is 0. The SMILES string of the molecule is CNCCC(O)C(O)c1ccc(CC#N)cc1F. The van der Waals surface area contributed by atoms with Gasteiger partial charge >= 0.3 is 0 Å². The molecule has 0 bridgehead atoms. The Morgan fingerprint density at radius 1 is 1.44 bits per heavy atom. The third kappa shape index (κ3) is 3.77. The summed E-state index contributed by atoms with van der Waals surface area (Å²) >= 11 is 0. The largest absolute Gasteiger partial charge is 0.390 e. The van der Waals surface area contributed by atoms with Crippen molar-refractivity contribution in [3.05, 3.63) is 35.1 Å². The molecule has 18 heavy (non-hydrogen) atoms. The molecule has 3 N–H and O–H groups in total. The van der Waals surface area contributed by atoms with E-state index >= 15 is 0 Å². The topological polar surface area (TPSA) is 76.3 Å². The van der Waals surface area contributed by atoms with Gasteiger partial charge in [0.05, 0.1) is 18.6 Å². The Labute approximate surface area is 106 Å². The number of rotatable bonds is 6. The number of nitrogens with one attached hydrogen (secondary N) is 1. The Hall–Kier alpha value is -1.48. The van der Waals surface area contributed by atoms with Crippen molar-refractivity contribution in [1.82, 2.24) is 5.32 Å². The minimum absolute atomic E-state index is 0.0558. The fraction of sp³-hybridized carbons (Fsp3) is 0.462. The fourth-order valence-corrected chi connectivity index (χ4v) is 1.67. The van der Waals surface area contributed by atoms with Crippen molar-refractivity contribution in [2.24, 2.45) is 0 Å². The molecule has 0 fully saturated rings. The van der Waals surface area contributed by atoms with Gasteiger partial charge in [-0.3, -0.25) is 0 Å². The average Bonchev–Trinajstić information content (AvgIpc) is 2.35. The van der Waals surface area contributed by atoms with Crippen LogP contribution in [0.15, 0.2) is 18.2 Å². The molecule has 1 aromatic carbocycles. The summed E-state index contributed by atoms with van der Waals surface area (Å²) in [6.45, 7) is 0.534. The normalized spacial score (nSPS) is 13.9. The first-order valence-corrected chi connectivity index (χ1v) is 5.76. The third-order valence-corrected chi connectivity index (χ3v) is 2.72. The lowest BCUT2D eigenvalue weighted by Gasteiger charge is -2.18. The van der Waals surface area contributed by atoms with Crippen LogP contribution < -0.4 is 5.32 Å². The highest BCUT2D eigenvalue weighted by atomic mass is 19.1. The lowest BCUT2D eigenvalue weighted by Crippen LogP contribution is -2.24. The first kappa shape index (κ1) is 14.6.